The van der Waals surface area contributed by atoms with Crippen molar-refractivity contribution in [3.8, 4) is 11.8 Å². The van der Waals surface area contributed by atoms with Crippen molar-refractivity contribution in [2.75, 3.05) is 27.2 Å². The molecule has 50 heavy (non-hydrogen) atoms. The van der Waals surface area contributed by atoms with E-state index in [9.17, 15) is 19.6 Å². The van der Waals surface area contributed by atoms with E-state index in [0.29, 0.717) is 49.3 Å². The first-order chi connectivity index (χ1) is 24.1. The zero-order valence-corrected chi connectivity index (χ0v) is 29.1. The normalized spacial score (nSPS) is 18.7. The molecule has 0 saturated carbocycles. The minimum absolute atomic E-state index is 0.0695. The lowest BCUT2D eigenvalue weighted by Gasteiger charge is -2.37. The average Bonchev–Trinajstić information content (AvgIpc) is 3.75. The fourth-order valence-corrected chi connectivity index (χ4v) is 7.51. The summed E-state index contributed by atoms with van der Waals surface area (Å²) in [5.41, 5.74) is 6.56. The molecule has 3 atom stereocenters. The second kappa shape index (κ2) is 14.2. The molecular formula is C39H44N8O3. The molecule has 1 aliphatic heterocycles. The van der Waals surface area contributed by atoms with Crippen LogP contribution in [0.4, 0.5) is 0 Å². The highest BCUT2D eigenvalue weighted by atomic mass is 16.2. The van der Waals surface area contributed by atoms with E-state index >= 15 is 0 Å². The van der Waals surface area contributed by atoms with Gasteiger partial charge in [-0.05, 0) is 104 Å². The van der Waals surface area contributed by atoms with Crippen molar-refractivity contribution < 1.29 is 9.59 Å². The Morgan fingerprint density at radius 1 is 1.04 bits per heavy atom. The van der Waals surface area contributed by atoms with E-state index in [-0.39, 0.29) is 30.1 Å². The fourth-order valence-electron chi connectivity index (χ4n) is 7.51. The van der Waals surface area contributed by atoms with E-state index in [1.165, 1.54) is 4.68 Å². The summed E-state index contributed by atoms with van der Waals surface area (Å²) in [6.45, 7) is 8.85. The number of carbonyl (C=O) groups excluding carboxylic acids is 2. The maximum atomic E-state index is 13.8. The van der Waals surface area contributed by atoms with Gasteiger partial charge in [-0.2, -0.15) is 9.94 Å². The molecule has 1 aliphatic carbocycles. The summed E-state index contributed by atoms with van der Waals surface area (Å²) in [5, 5.41) is 23.9. The minimum Gasteiger partial charge on any atom is -0.388 e. The predicted molar refractivity (Wildman–Crippen MR) is 193 cm³/mol. The molecule has 258 valence electrons. The molecule has 2 amide bonds. The molecule has 0 spiro atoms. The summed E-state index contributed by atoms with van der Waals surface area (Å²) in [7, 11) is 3.45. The molecule has 2 aliphatic rings. The quantitative estimate of drug-likeness (QED) is 0.201. The number of hydrogen-bond acceptors (Lipinski definition) is 7. The standard InChI is InChI=1S/C39H44N8O3/c1-24-8-14-31(15-9-24)47-38(50)44-37(45-47)39(21-25(2)43-23-35(48)46-18-6-7-32(46)22-40)33-16-12-27(26(3)41-4)19-28(33)10-11-29-20-30(36(49)42-5)13-17-34(29)39/h8-9,12-17,19-20,25,32,41,43H,3,6-7,10-11,18,21,23H2,1-2,4-5H3,(H,42,49)(H,44,45,50)/t25-,32?,39?/m1/s1. The van der Waals surface area contributed by atoms with Crippen molar-refractivity contribution in [2.24, 2.45) is 0 Å². The van der Waals surface area contributed by atoms with Gasteiger partial charge in [0.1, 0.15) is 11.9 Å². The molecule has 0 bridgehead atoms. The van der Waals surface area contributed by atoms with Gasteiger partial charge in [-0.25, -0.2) is 4.79 Å². The molecule has 11 nitrogen and oxygen atoms in total. The summed E-state index contributed by atoms with van der Waals surface area (Å²) in [6.07, 6.45) is 3.26. The Kier molecular flexibility index (Phi) is 9.75. The summed E-state index contributed by atoms with van der Waals surface area (Å²) < 4.78 is 1.40. The number of fused-ring (bicyclic) bond motifs is 2. The maximum absolute atomic E-state index is 13.8. The summed E-state index contributed by atoms with van der Waals surface area (Å²) >= 11 is 0. The Labute approximate surface area is 292 Å². The van der Waals surface area contributed by atoms with Gasteiger partial charge >= 0.3 is 5.69 Å². The molecule has 4 N–H and O–H groups in total. The lowest BCUT2D eigenvalue weighted by molar-refractivity contribution is -0.130. The first-order valence-electron chi connectivity index (χ1n) is 17.1. The number of benzene rings is 3. The van der Waals surface area contributed by atoms with Crippen molar-refractivity contribution in [3.63, 3.8) is 0 Å². The van der Waals surface area contributed by atoms with Gasteiger partial charge in [0, 0.05) is 37.9 Å². The van der Waals surface area contributed by atoms with E-state index in [0.717, 1.165) is 45.5 Å². The van der Waals surface area contributed by atoms with Crippen LogP contribution in [0.15, 0.2) is 72.0 Å². The number of carbonyl (C=O) groups is 2. The van der Waals surface area contributed by atoms with Gasteiger partial charge in [0.25, 0.3) is 5.91 Å². The summed E-state index contributed by atoms with van der Waals surface area (Å²) in [5.74, 6) is 0.166. The Hall–Kier alpha value is -5.47. The molecule has 6 rings (SSSR count). The molecule has 0 radical (unpaired) electrons. The lowest BCUT2D eigenvalue weighted by atomic mass is 9.67. The van der Waals surface area contributed by atoms with Crippen molar-refractivity contribution in [3.05, 3.63) is 122 Å². The van der Waals surface area contributed by atoms with Crippen molar-refractivity contribution in [1.82, 2.24) is 35.6 Å². The highest BCUT2D eigenvalue weighted by Crippen LogP contribution is 2.47. The van der Waals surface area contributed by atoms with Crippen LogP contribution in [0, 0.1) is 18.3 Å². The van der Waals surface area contributed by atoms with Crippen LogP contribution in [0.2, 0.25) is 0 Å². The monoisotopic (exact) mass is 672 g/mol. The Balaban J connectivity index is 1.53. The molecule has 3 aromatic carbocycles. The lowest BCUT2D eigenvalue weighted by Crippen LogP contribution is -2.45. The first kappa shape index (κ1) is 34.4. The highest BCUT2D eigenvalue weighted by Gasteiger charge is 2.45. The number of aryl methyl sites for hydroxylation is 3. The number of nitrogens with one attached hydrogen (secondary N) is 4. The van der Waals surface area contributed by atoms with E-state index in [4.69, 9.17) is 5.10 Å². The number of amides is 2. The number of likely N-dealkylation sites (tertiary alicyclic amines) is 1. The average molecular weight is 673 g/mol. The van der Waals surface area contributed by atoms with Gasteiger partial charge < -0.3 is 20.9 Å². The van der Waals surface area contributed by atoms with Gasteiger partial charge in [-0.1, -0.05) is 42.5 Å². The molecular weight excluding hydrogens is 628 g/mol. The van der Waals surface area contributed by atoms with Crippen LogP contribution >= 0.6 is 0 Å². The van der Waals surface area contributed by atoms with Gasteiger partial charge in [0.2, 0.25) is 5.91 Å². The largest absolute Gasteiger partial charge is 0.388 e. The second-order valence-corrected chi connectivity index (χ2v) is 13.3. The van der Waals surface area contributed by atoms with Crippen LogP contribution in [0.25, 0.3) is 11.4 Å². The molecule has 4 aromatic rings. The van der Waals surface area contributed by atoms with Crippen molar-refractivity contribution in [1.29, 1.82) is 5.26 Å². The molecule has 1 fully saturated rings. The molecule has 2 unspecified atom stereocenters. The number of nitrogens with zero attached hydrogens (tertiary/aromatic N) is 4. The predicted octanol–water partition coefficient (Wildman–Crippen LogP) is 3.73. The van der Waals surface area contributed by atoms with Gasteiger partial charge in [0.15, 0.2) is 0 Å². The topological polar surface area (TPSA) is 148 Å². The van der Waals surface area contributed by atoms with Crippen LogP contribution < -0.4 is 21.6 Å². The fraction of sp³-hybridized carbons (Fsp3) is 0.359. The third-order valence-electron chi connectivity index (χ3n) is 10.2. The van der Waals surface area contributed by atoms with Crippen molar-refractivity contribution >= 4 is 17.5 Å². The Morgan fingerprint density at radius 2 is 1.70 bits per heavy atom. The number of aromatic nitrogens is 3. The number of aromatic amines is 1. The molecule has 11 heteroatoms. The first-order valence-corrected chi connectivity index (χ1v) is 17.1. The van der Waals surface area contributed by atoms with Gasteiger partial charge in [-0.15, -0.1) is 5.10 Å². The van der Waals surface area contributed by atoms with Crippen LogP contribution in [0.5, 0.6) is 0 Å². The number of H-pyrrole nitrogens is 1. The van der Waals surface area contributed by atoms with Crippen LogP contribution in [0.3, 0.4) is 0 Å². The summed E-state index contributed by atoms with van der Waals surface area (Å²) in [4.78, 5) is 44.7. The van der Waals surface area contributed by atoms with E-state index in [1.807, 2.05) is 69.4 Å². The smallest absolute Gasteiger partial charge is 0.348 e. The Bertz CT molecular complexity index is 1970. The SMILES string of the molecule is C=C(NC)c1ccc2c(c1)CCc1cc(C(=O)NC)ccc1C2(C[C@@H](C)NCC(=O)N1CCCC1C#N)c1nn(-c2ccc(C)cc2)c(=O)[nH]1. The van der Waals surface area contributed by atoms with Crippen LogP contribution in [-0.4, -0.2) is 70.7 Å². The van der Waals surface area contributed by atoms with Gasteiger partial charge in [0.05, 0.1) is 23.7 Å². The third-order valence-corrected chi connectivity index (χ3v) is 10.2. The molecule has 1 saturated heterocycles. The highest BCUT2D eigenvalue weighted by molar-refractivity contribution is 5.94. The number of hydrogen-bond donors (Lipinski definition) is 4. The Morgan fingerprint density at radius 3 is 2.34 bits per heavy atom. The third kappa shape index (κ3) is 6.34. The second-order valence-electron chi connectivity index (χ2n) is 13.3. The van der Waals surface area contributed by atoms with Crippen LogP contribution in [0.1, 0.15) is 75.7 Å². The van der Waals surface area contributed by atoms with Crippen molar-refractivity contribution in [2.45, 2.75) is 63.5 Å². The van der Waals surface area contributed by atoms with E-state index < -0.39 is 11.5 Å². The minimum atomic E-state index is -0.991. The maximum Gasteiger partial charge on any atom is 0.348 e. The zero-order chi connectivity index (χ0) is 35.6. The van der Waals surface area contributed by atoms with Gasteiger partial charge in [-0.3, -0.25) is 14.6 Å². The number of nitriles is 1. The van der Waals surface area contributed by atoms with E-state index in [1.54, 1.807) is 11.9 Å². The zero-order valence-electron chi connectivity index (χ0n) is 29.1. The van der Waals surface area contributed by atoms with E-state index in [2.05, 4.69) is 45.7 Å². The van der Waals surface area contributed by atoms with Crippen LogP contribution in [-0.2, 0) is 23.1 Å². The molecule has 1 aromatic heterocycles. The molecule has 2 heterocycles. The summed E-state index contributed by atoms with van der Waals surface area (Å²) in [6, 6.07) is 21.2. The number of rotatable bonds is 10.